The van der Waals surface area contributed by atoms with Crippen LogP contribution in [0.1, 0.15) is 22.7 Å². The van der Waals surface area contributed by atoms with Crippen molar-refractivity contribution in [1.29, 1.82) is 0 Å². The van der Waals surface area contributed by atoms with E-state index >= 15 is 4.57 Å². The van der Waals surface area contributed by atoms with Gasteiger partial charge in [-0.15, -0.1) is 0 Å². The lowest BCUT2D eigenvalue weighted by atomic mass is 10.0. The number of alkyl halides is 3. The number of hydrogen-bond donors (Lipinski definition) is 0. The molecule has 1 aliphatic heterocycles. The van der Waals surface area contributed by atoms with Gasteiger partial charge in [0.2, 0.25) is 0 Å². The first-order valence-corrected chi connectivity index (χ1v) is 15.9. The van der Waals surface area contributed by atoms with Crippen molar-refractivity contribution in [3.8, 4) is 0 Å². The van der Waals surface area contributed by atoms with Crippen LogP contribution < -0.4 is 20.8 Å². The minimum atomic E-state index is -4.67. The van der Waals surface area contributed by atoms with Crippen LogP contribution in [0.25, 0.3) is 10.9 Å². The lowest BCUT2D eigenvalue weighted by molar-refractivity contribution is -0.137. The van der Waals surface area contributed by atoms with Crippen LogP contribution in [0.15, 0.2) is 140 Å². The maximum absolute atomic E-state index is 15.4. The van der Waals surface area contributed by atoms with Gasteiger partial charge in [0.25, 0.3) is 5.91 Å². The van der Waals surface area contributed by atoms with Crippen LogP contribution in [0.4, 0.5) is 18.9 Å². The number of rotatable bonds is 6. The zero-order valence-electron chi connectivity index (χ0n) is 23.4. The maximum Gasteiger partial charge on any atom is 0.418 e. The van der Waals surface area contributed by atoms with Gasteiger partial charge in [-0.05, 0) is 17.7 Å². The van der Waals surface area contributed by atoms with Crippen LogP contribution in [0, 0.1) is 0 Å². The van der Waals surface area contributed by atoms with E-state index < -0.39 is 30.8 Å². The molecule has 0 bridgehead atoms. The number of nitrogens with zero attached hydrogens (tertiary/aromatic N) is 2. The smallest absolute Gasteiger partial charge is 0.330 e. The highest BCUT2D eigenvalue weighted by Crippen LogP contribution is 2.49. The second kappa shape index (κ2) is 10.7. The standard InChI is InChI=1S/C36H26F3N2O2P/c37-36(38,39)30-21-12-20-29-33(30)41(23-25-13-4-1-5-14-25)35(42)34(29)40-24-32(28-19-10-11-22-31(28)40)44(43,26-15-6-2-7-16-26)27-17-8-3-9-18-27/h1-22,24,34H,23H2. The Bertz CT molecular complexity index is 2000. The first-order chi connectivity index (χ1) is 21.3. The Hall–Kier alpha value is -4.87. The van der Waals surface area contributed by atoms with E-state index in [-0.39, 0.29) is 17.8 Å². The molecule has 1 aliphatic rings. The lowest BCUT2D eigenvalue weighted by Gasteiger charge is -2.22. The quantitative estimate of drug-likeness (QED) is 0.185. The van der Waals surface area contributed by atoms with E-state index in [0.717, 1.165) is 6.07 Å². The van der Waals surface area contributed by atoms with Crippen molar-refractivity contribution < 1.29 is 22.5 Å². The Labute approximate surface area is 252 Å². The summed E-state index contributed by atoms with van der Waals surface area (Å²) < 4.78 is 60.4. The molecular formula is C36H26F3N2O2P. The number of para-hydroxylation sites is 2. The van der Waals surface area contributed by atoms with Gasteiger partial charge < -0.3 is 14.0 Å². The predicted octanol–water partition coefficient (Wildman–Crippen LogP) is 7.44. The van der Waals surface area contributed by atoms with Crippen LogP contribution in [0.5, 0.6) is 0 Å². The summed E-state index contributed by atoms with van der Waals surface area (Å²) in [5, 5.41) is 2.44. The molecule has 218 valence electrons. The maximum atomic E-state index is 15.4. The molecule has 1 amide bonds. The van der Waals surface area contributed by atoms with Crippen molar-refractivity contribution in [3.63, 3.8) is 0 Å². The minimum Gasteiger partial charge on any atom is -0.330 e. The van der Waals surface area contributed by atoms with E-state index in [2.05, 4.69) is 0 Å². The molecule has 1 unspecified atom stereocenters. The highest BCUT2D eigenvalue weighted by atomic mass is 31.2. The highest BCUT2D eigenvalue weighted by molar-refractivity contribution is 7.85. The fourth-order valence-electron chi connectivity index (χ4n) is 6.25. The van der Waals surface area contributed by atoms with Gasteiger partial charge in [-0.1, -0.05) is 121 Å². The number of aromatic nitrogens is 1. The van der Waals surface area contributed by atoms with E-state index in [9.17, 15) is 18.0 Å². The van der Waals surface area contributed by atoms with E-state index in [0.29, 0.717) is 32.4 Å². The van der Waals surface area contributed by atoms with E-state index in [4.69, 9.17) is 0 Å². The Morgan fingerprint density at radius 3 is 1.86 bits per heavy atom. The summed E-state index contributed by atoms with van der Waals surface area (Å²) in [4.78, 5) is 15.6. The molecule has 0 N–H and O–H groups in total. The van der Waals surface area contributed by atoms with Crippen LogP contribution in [-0.2, 0) is 22.1 Å². The molecule has 44 heavy (non-hydrogen) atoms. The molecule has 0 aliphatic carbocycles. The number of carbonyl (C=O) groups is 1. The summed E-state index contributed by atoms with van der Waals surface area (Å²) in [5.41, 5.74) is 0.561. The topological polar surface area (TPSA) is 42.3 Å². The monoisotopic (exact) mass is 606 g/mol. The van der Waals surface area contributed by atoms with Crippen molar-refractivity contribution in [3.05, 3.63) is 156 Å². The average molecular weight is 607 g/mol. The summed E-state index contributed by atoms with van der Waals surface area (Å²) >= 11 is 0. The first kappa shape index (κ1) is 27.9. The molecule has 4 nitrogen and oxygen atoms in total. The number of halogens is 3. The number of benzene rings is 5. The van der Waals surface area contributed by atoms with Gasteiger partial charge >= 0.3 is 6.18 Å². The third kappa shape index (κ3) is 4.47. The Morgan fingerprint density at radius 1 is 0.682 bits per heavy atom. The molecular weight excluding hydrogens is 580 g/mol. The van der Waals surface area contributed by atoms with Crippen molar-refractivity contribution in [2.75, 3.05) is 4.90 Å². The summed E-state index contributed by atoms with van der Waals surface area (Å²) in [6.07, 6.45) is -2.96. The van der Waals surface area contributed by atoms with E-state index in [1.54, 1.807) is 41.1 Å². The fourth-order valence-corrected chi connectivity index (χ4v) is 9.10. The molecule has 1 aromatic heterocycles. The van der Waals surface area contributed by atoms with Crippen LogP contribution in [-0.4, -0.2) is 10.5 Å². The Balaban J connectivity index is 1.48. The second-order valence-corrected chi connectivity index (χ2v) is 13.5. The van der Waals surface area contributed by atoms with Crippen molar-refractivity contribution in [2.45, 2.75) is 18.8 Å². The van der Waals surface area contributed by atoms with Gasteiger partial charge in [0.1, 0.15) is 6.04 Å². The normalized spacial score (nSPS) is 15.1. The molecule has 5 aromatic carbocycles. The zero-order valence-corrected chi connectivity index (χ0v) is 24.2. The molecule has 0 fully saturated rings. The van der Waals surface area contributed by atoms with Gasteiger partial charge in [0.05, 0.1) is 17.8 Å². The number of amides is 1. The molecule has 0 saturated carbocycles. The summed E-state index contributed by atoms with van der Waals surface area (Å²) in [7, 11) is -3.48. The third-order valence-corrected chi connectivity index (χ3v) is 11.3. The van der Waals surface area contributed by atoms with E-state index in [1.807, 2.05) is 91.0 Å². The largest absolute Gasteiger partial charge is 0.418 e. The first-order valence-electron chi connectivity index (χ1n) is 14.2. The molecule has 0 saturated heterocycles. The molecule has 0 radical (unpaired) electrons. The second-order valence-electron chi connectivity index (χ2n) is 10.8. The summed E-state index contributed by atoms with van der Waals surface area (Å²) in [6.45, 7) is -0.0190. The molecule has 7 rings (SSSR count). The van der Waals surface area contributed by atoms with Crippen molar-refractivity contribution in [2.24, 2.45) is 0 Å². The van der Waals surface area contributed by atoms with E-state index in [1.165, 1.54) is 11.0 Å². The van der Waals surface area contributed by atoms with Crippen LogP contribution in [0.2, 0.25) is 0 Å². The summed E-state index contributed by atoms with van der Waals surface area (Å²) in [6, 6.07) is 37.5. The van der Waals surface area contributed by atoms with Gasteiger partial charge in [-0.2, -0.15) is 13.2 Å². The molecule has 0 spiro atoms. The molecule has 1 atom stereocenters. The number of anilines is 1. The molecule has 6 aromatic rings. The molecule has 8 heteroatoms. The highest BCUT2D eigenvalue weighted by Gasteiger charge is 2.46. The van der Waals surface area contributed by atoms with Crippen molar-refractivity contribution in [1.82, 2.24) is 4.57 Å². The van der Waals surface area contributed by atoms with Gasteiger partial charge in [0, 0.05) is 38.6 Å². The van der Waals surface area contributed by atoms with Gasteiger partial charge in [0.15, 0.2) is 7.14 Å². The third-order valence-electron chi connectivity index (χ3n) is 8.20. The summed E-state index contributed by atoms with van der Waals surface area (Å²) in [5.74, 6) is -0.484. The van der Waals surface area contributed by atoms with Crippen LogP contribution >= 0.6 is 7.14 Å². The van der Waals surface area contributed by atoms with Crippen molar-refractivity contribution >= 4 is 45.6 Å². The number of hydrogen-bond acceptors (Lipinski definition) is 2. The van der Waals surface area contributed by atoms with Gasteiger partial charge in [-0.25, -0.2) is 0 Å². The number of carbonyl (C=O) groups excluding carboxylic acids is 1. The Kier molecular flexibility index (Phi) is 6.79. The number of fused-ring (bicyclic) bond motifs is 2. The zero-order chi connectivity index (χ0) is 30.5. The molecule has 2 heterocycles. The minimum absolute atomic E-state index is 0.0190. The fraction of sp³-hybridized carbons (Fsp3) is 0.0833. The van der Waals surface area contributed by atoms with Gasteiger partial charge in [-0.3, -0.25) is 4.79 Å². The predicted molar refractivity (Wildman–Crippen MR) is 169 cm³/mol. The Morgan fingerprint density at radius 2 is 1.25 bits per heavy atom. The average Bonchev–Trinajstić information content (AvgIpc) is 3.56. The SMILES string of the molecule is O=C1C(n2cc(P(=O)(c3ccccc3)c3ccccc3)c3ccccc32)c2cccc(C(F)(F)F)c2N1Cc1ccccc1. The van der Waals surface area contributed by atoms with Crippen LogP contribution in [0.3, 0.4) is 0 Å². The lowest BCUT2D eigenvalue weighted by Crippen LogP contribution is -2.31.